The monoisotopic (exact) mass is 240 g/mol. The lowest BCUT2D eigenvalue weighted by molar-refractivity contribution is 0.512. The molecule has 0 bridgehead atoms. The summed E-state index contributed by atoms with van der Waals surface area (Å²) in [5, 5.41) is 1.03. The van der Waals surface area contributed by atoms with Crippen LogP contribution in [-0.4, -0.2) is 10.6 Å². The Labute approximate surface area is 105 Å². The van der Waals surface area contributed by atoms with Crippen LogP contribution in [0.5, 0.6) is 0 Å². The topological polar surface area (TPSA) is 90.9 Å². The van der Waals surface area contributed by atoms with Crippen molar-refractivity contribution in [3.05, 3.63) is 41.1 Å². The summed E-state index contributed by atoms with van der Waals surface area (Å²) >= 11 is 0. The van der Waals surface area contributed by atoms with E-state index in [9.17, 15) is 0 Å². The van der Waals surface area contributed by atoms with Gasteiger partial charge in [-0.3, -0.25) is 0 Å². The number of aromatic nitrogens is 1. The smallest absolute Gasteiger partial charge is 0.0938 e. The Morgan fingerprint density at radius 2 is 2.06 bits per heavy atom. The molecule has 0 amide bonds. The standard InChI is InChI=1S/C14H16N4/c1-8-5-12-10(7-14(8,16)17)6-9-3-2-4-11(15)13(9)18-12/h2-6H,7,15-17H2,1H3. The average Bonchev–Trinajstić information content (AvgIpc) is 2.29. The molecule has 1 aliphatic rings. The van der Waals surface area contributed by atoms with Gasteiger partial charge in [-0.1, -0.05) is 12.1 Å². The van der Waals surface area contributed by atoms with Crippen molar-refractivity contribution >= 4 is 22.7 Å². The van der Waals surface area contributed by atoms with Crippen molar-refractivity contribution in [2.75, 3.05) is 5.73 Å². The largest absolute Gasteiger partial charge is 0.397 e. The Morgan fingerprint density at radius 3 is 2.83 bits per heavy atom. The van der Waals surface area contributed by atoms with E-state index in [1.807, 2.05) is 31.2 Å². The third-order valence-corrected chi connectivity index (χ3v) is 3.56. The summed E-state index contributed by atoms with van der Waals surface area (Å²) in [4.78, 5) is 4.62. The quantitative estimate of drug-likeness (QED) is 0.479. The number of pyridine rings is 1. The van der Waals surface area contributed by atoms with E-state index >= 15 is 0 Å². The van der Waals surface area contributed by atoms with Crippen LogP contribution in [0, 0.1) is 0 Å². The zero-order valence-electron chi connectivity index (χ0n) is 10.3. The van der Waals surface area contributed by atoms with E-state index in [1.54, 1.807) is 0 Å². The minimum atomic E-state index is -0.775. The fraction of sp³-hybridized carbons (Fsp3) is 0.214. The SMILES string of the molecule is CC1=Cc2nc3c(N)cccc3cc2CC1(N)N. The molecule has 1 aliphatic carbocycles. The van der Waals surface area contributed by atoms with E-state index in [2.05, 4.69) is 11.1 Å². The van der Waals surface area contributed by atoms with E-state index < -0.39 is 5.66 Å². The Balaban J connectivity index is 2.29. The fourth-order valence-corrected chi connectivity index (χ4v) is 2.34. The predicted molar refractivity (Wildman–Crippen MR) is 74.6 cm³/mol. The first-order chi connectivity index (χ1) is 8.47. The van der Waals surface area contributed by atoms with Crippen molar-refractivity contribution in [1.29, 1.82) is 0 Å². The second-order valence-electron chi connectivity index (χ2n) is 5.00. The van der Waals surface area contributed by atoms with E-state index in [0.717, 1.165) is 27.7 Å². The minimum absolute atomic E-state index is 0.600. The summed E-state index contributed by atoms with van der Waals surface area (Å²) in [6.07, 6.45) is 2.55. The van der Waals surface area contributed by atoms with Crippen molar-refractivity contribution in [2.45, 2.75) is 19.0 Å². The molecule has 0 fully saturated rings. The molecule has 0 spiro atoms. The van der Waals surface area contributed by atoms with Crippen molar-refractivity contribution in [3.8, 4) is 0 Å². The molecule has 4 heteroatoms. The van der Waals surface area contributed by atoms with Crippen molar-refractivity contribution in [1.82, 2.24) is 4.98 Å². The summed E-state index contributed by atoms with van der Waals surface area (Å²) < 4.78 is 0. The molecule has 0 unspecified atom stereocenters. The number of anilines is 1. The van der Waals surface area contributed by atoms with Gasteiger partial charge in [0.1, 0.15) is 0 Å². The first-order valence-electron chi connectivity index (χ1n) is 5.92. The van der Waals surface area contributed by atoms with E-state index in [0.29, 0.717) is 12.1 Å². The molecule has 1 heterocycles. The molecule has 0 saturated heterocycles. The van der Waals surface area contributed by atoms with Gasteiger partial charge in [-0.05, 0) is 36.3 Å². The van der Waals surface area contributed by atoms with Crippen LogP contribution < -0.4 is 17.2 Å². The van der Waals surface area contributed by atoms with Gasteiger partial charge in [0.15, 0.2) is 0 Å². The summed E-state index contributed by atoms with van der Waals surface area (Å²) in [6, 6.07) is 7.86. The lowest BCUT2D eigenvalue weighted by Gasteiger charge is -2.30. The Hall–Kier alpha value is -1.91. The fourth-order valence-electron chi connectivity index (χ4n) is 2.34. The van der Waals surface area contributed by atoms with Gasteiger partial charge in [-0.25, -0.2) is 4.98 Å². The number of rotatable bonds is 0. The predicted octanol–water partition coefficient (Wildman–Crippen LogP) is 1.39. The van der Waals surface area contributed by atoms with Gasteiger partial charge >= 0.3 is 0 Å². The van der Waals surface area contributed by atoms with E-state index in [-0.39, 0.29) is 0 Å². The van der Waals surface area contributed by atoms with E-state index in [4.69, 9.17) is 17.2 Å². The zero-order chi connectivity index (χ0) is 12.9. The number of nitrogens with two attached hydrogens (primary N) is 3. The molecule has 92 valence electrons. The van der Waals surface area contributed by atoms with Crippen LogP contribution in [0.2, 0.25) is 0 Å². The normalized spacial score (nSPS) is 17.4. The molecule has 2 aromatic rings. The molecule has 1 aromatic heterocycles. The molecular weight excluding hydrogens is 224 g/mol. The minimum Gasteiger partial charge on any atom is -0.397 e. The molecule has 0 aliphatic heterocycles. The van der Waals surface area contributed by atoms with Crippen molar-refractivity contribution < 1.29 is 0 Å². The van der Waals surface area contributed by atoms with Gasteiger partial charge in [0.25, 0.3) is 0 Å². The number of hydrogen-bond acceptors (Lipinski definition) is 4. The maximum Gasteiger partial charge on any atom is 0.0938 e. The van der Waals surface area contributed by atoms with Gasteiger partial charge < -0.3 is 17.2 Å². The van der Waals surface area contributed by atoms with Crippen LogP contribution >= 0.6 is 0 Å². The molecule has 0 atom stereocenters. The Kier molecular flexibility index (Phi) is 2.20. The van der Waals surface area contributed by atoms with Gasteiger partial charge in [-0.15, -0.1) is 0 Å². The summed E-state index contributed by atoms with van der Waals surface area (Å²) in [6.45, 7) is 1.93. The zero-order valence-corrected chi connectivity index (χ0v) is 10.3. The maximum absolute atomic E-state index is 6.07. The second-order valence-corrected chi connectivity index (χ2v) is 5.00. The Morgan fingerprint density at radius 1 is 1.28 bits per heavy atom. The van der Waals surface area contributed by atoms with Gasteiger partial charge in [0, 0.05) is 11.8 Å². The summed E-state index contributed by atoms with van der Waals surface area (Å²) in [7, 11) is 0. The number of fused-ring (bicyclic) bond motifs is 2. The molecule has 1 aromatic carbocycles. The number of para-hydroxylation sites is 1. The molecular formula is C14H16N4. The molecule has 6 N–H and O–H groups in total. The van der Waals surface area contributed by atoms with Crippen LogP contribution in [0.4, 0.5) is 5.69 Å². The van der Waals surface area contributed by atoms with Crippen LogP contribution in [0.15, 0.2) is 29.8 Å². The molecule has 0 saturated carbocycles. The van der Waals surface area contributed by atoms with Crippen LogP contribution in [0.1, 0.15) is 18.2 Å². The first-order valence-corrected chi connectivity index (χ1v) is 5.92. The van der Waals surface area contributed by atoms with Gasteiger partial charge in [-0.2, -0.15) is 0 Å². The average molecular weight is 240 g/mol. The first kappa shape index (κ1) is 11.2. The van der Waals surface area contributed by atoms with Crippen molar-refractivity contribution in [2.24, 2.45) is 11.5 Å². The summed E-state index contributed by atoms with van der Waals surface area (Å²) in [5.74, 6) is 0. The maximum atomic E-state index is 6.07. The van der Waals surface area contributed by atoms with Crippen molar-refractivity contribution in [3.63, 3.8) is 0 Å². The number of nitrogen functional groups attached to an aromatic ring is 1. The number of hydrogen-bond donors (Lipinski definition) is 3. The highest BCUT2D eigenvalue weighted by Gasteiger charge is 2.28. The van der Waals surface area contributed by atoms with Crippen LogP contribution in [0.3, 0.4) is 0 Å². The molecule has 4 nitrogen and oxygen atoms in total. The highest BCUT2D eigenvalue weighted by Crippen LogP contribution is 2.29. The van der Waals surface area contributed by atoms with Gasteiger partial charge in [0.05, 0.1) is 22.6 Å². The third kappa shape index (κ3) is 1.58. The highest BCUT2D eigenvalue weighted by atomic mass is 15.0. The number of nitrogens with zero attached hydrogens (tertiary/aromatic N) is 1. The number of benzene rings is 1. The Bertz CT molecular complexity index is 671. The summed E-state index contributed by atoms with van der Waals surface area (Å²) in [5.41, 5.74) is 21.8. The highest BCUT2D eigenvalue weighted by molar-refractivity contribution is 5.91. The third-order valence-electron chi connectivity index (χ3n) is 3.56. The molecule has 0 radical (unpaired) electrons. The molecule has 18 heavy (non-hydrogen) atoms. The van der Waals surface area contributed by atoms with E-state index in [1.165, 1.54) is 0 Å². The lowest BCUT2D eigenvalue weighted by Crippen LogP contribution is -2.53. The van der Waals surface area contributed by atoms with Crippen LogP contribution in [-0.2, 0) is 6.42 Å². The molecule has 3 rings (SSSR count). The lowest BCUT2D eigenvalue weighted by atomic mass is 9.87. The second kappa shape index (κ2) is 3.54. The van der Waals surface area contributed by atoms with Crippen LogP contribution in [0.25, 0.3) is 17.0 Å². The van der Waals surface area contributed by atoms with Gasteiger partial charge in [0.2, 0.25) is 0 Å².